The predicted molar refractivity (Wildman–Crippen MR) is 124 cm³/mol. The zero-order valence-electron chi connectivity index (χ0n) is 17.4. The quantitative estimate of drug-likeness (QED) is 0.314. The Hall–Kier alpha value is -3.04. The number of hydrogen-bond donors (Lipinski definition) is 1. The highest BCUT2D eigenvalue weighted by molar-refractivity contribution is 5.68. The van der Waals surface area contributed by atoms with Gasteiger partial charge in [-0.2, -0.15) is 0 Å². The van der Waals surface area contributed by atoms with Gasteiger partial charge in [0.1, 0.15) is 5.82 Å². The van der Waals surface area contributed by atoms with E-state index in [1.54, 1.807) is 19.2 Å². The third-order valence-electron chi connectivity index (χ3n) is 5.00. The van der Waals surface area contributed by atoms with Crippen molar-refractivity contribution in [1.82, 2.24) is 4.98 Å². The molecule has 0 saturated heterocycles. The van der Waals surface area contributed by atoms with Crippen molar-refractivity contribution in [1.29, 1.82) is 0 Å². The molecule has 0 spiro atoms. The van der Waals surface area contributed by atoms with Gasteiger partial charge >= 0.3 is 0 Å². The van der Waals surface area contributed by atoms with Crippen LogP contribution in [0.5, 0.6) is 0 Å². The van der Waals surface area contributed by atoms with Crippen LogP contribution in [-0.2, 0) is 6.42 Å². The van der Waals surface area contributed by atoms with Crippen molar-refractivity contribution in [3.8, 4) is 22.4 Å². The highest BCUT2D eigenvalue weighted by Crippen LogP contribution is 2.26. The molecule has 1 unspecified atom stereocenters. The molecule has 0 aliphatic heterocycles. The van der Waals surface area contributed by atoms with E-state index in [0.717, 1.165) is 42.4 Å². The average Bonchev–Trinajstić information content (AvgIpc) is 2.74. The molecule has 30 heavy (non-hydrogen) atoms. The fraction of sp³-hybridized carbons (Fsp3) is 0.222. The predicted octanol–water partition coefficient (Wildman–Crippen LogP) is 6.85. The molecule has 2 nitrogen and oxygen atoms in total. The molecule has 0 aliphatic carbocycles. The molecule has 3 heteroatoms. The SMILES string of the molecule is C=CCc1ccc(-c2ccc(-c3ccc(C=CCCCC(C)O)cc3F)nc2)cc1. The van der Waals surface area contributed by atoms with Crippen LogP contribution in [0.2, 0.25) is 0 Å². The van der Waals surface area contributed by atoms with Crippen LogP contribution in [0, 0.1) is 5.82 Å². The lowest BCUT2D eigenvalue weighted by molar-refractivity contribution is 0.182. The Kier molecular flexibility index (Phi) is 7.69. The van der Waals surface area contributed by atoms with Gasteiger partial charge in [-0.25, -0.2) is 4.39 Å². The standard InChI is InChI=1S/C27H28FNO/c1-3-7-21-10-13-23(14-11-21)24-15-17-27(29-19-24)25-16-12-22(18-26(25)28)9-6-4-5-8-20(2)30/h3,6,9-20,30H,1,4-5,7-8H2,2H3. The van der Waals surface area contributed by atoms with E-state index < -0.39 is 0 Å². The second-order valence-corrected chi connectivity index (χ2v) is 7.54. The molecule has 3 rings (SSSR count). The first-order valence-corrected chi connectivity index (χ1v) is 10.4. The van der Waals surface area contributed by atoms with E-state index in [0.29, 0.717) is 11.3 Å². The summed E-state index contributed by atoms with van der Waals surface area (Å²) in [6.07, 6.45) is 10.7. The van der Waals surface area contributed by atoms with Crippen molar-refractivity contribution in [2.24, 2.45) is 0 Å². The summed E-state index contributed by atoms with van der Waals surface area (Å²) in [5.74, 6) is -0.282. The van der Waals surface area contributed by atoms with E-state index in [1.165, 1.54) is 11.6 Å². The summed E-state index contributed by atoms with van der Waals surface area (Å²) in [4.78, 5) is 4.48. The van der Waals surface area contributed by atoms with Crippen molar-refractivity contribution in [3.63, 3.8) is 0 Å². The number of aromatic nitrogens is 1. The van der Waals surface area contributed by atoms with E-state index in [1.807, 2.05) is 36.4 Å². The second kappa shape index (κ2) is 10.7. The molecule has 1 heterocycles. The van der Waals surface area contributed by atoms with E-state index in [4.69, 9.17) is 0 Å². The molecule has 1 atom stereocenters. The van der Waals surface area contributed by atoms with Gasteiger partial charge in [-0.3, -0.25) is 4.98 Å². The molecule has 0 radical (unpaired) electrons. The lowest BCUT2D eigenvalue weighted by atomic mass is 10.0. The van der Waals surface area contributed by atoms with Crippen LogP contribution in [-0.4, -0.2) is 16.2 Å². The minimum atomic E-state index is -0.282. The summed E-state index contributed by atoms with van der Waals surface area (Å²) in [6.45, 7) is 5.55. The first-order valence-electron chi connectivity index (χ1n) is 10.4. The third kappa shape index (κ3) is 5.98. The number of aliphatic hydroxyl groups is 1. The molecule has 1 aromatic heterocycles. The Morgan fingerprint density at radius 3 is 2.47 bits per heavy atom. The van der Waals surface area contributed by atoms with Gasteiger partial charge in [0.25, 0.3) is 0 Å². The summed E-state index contributed by atoms with van der Waals surface area (Å²) in [5, 5.41) is 9.27. The first-order chi connectivity index (χ1) is 14.6. The topological polar surface area (TPSA) is 33.1 Å². The minimum Gasteiger partial charge on any atom is -0.393 e. The number of pyridine rings is 1. The summed E-state index contributed by atoms with van der Waals surface area (Å²) in [5.41, 5.74) is 5.24. The van der Waals surface area contributed by atoms with Crippen molar-refractivity contribution >= 4 is 6.08 Å². The Labute approximate surface area is 178 Å². The highest BCUT2D eigenvalue weighted by atomic mass is 19.1. The van der Waals surface area contributed by atoms with Crippen molar-refractivity contribution in [2.45, 2.75) is 38.7 Å². The maximum absolute atomic E-state index is 14.6. The van der Waals surface area contributed by atoms with Gasteiger partial charge in [0, 0.05) is 17.3 Å². The zero-order chi connectivity index (χ0) is 21.3. The Morgan fingerprint density at radius 2 is 1.83 bits per heavy atom. The largest absolute Gasteiger partial charge is 0.393 e. The van der Waals surface area contributed by atoms with Crippen LogP contribution in [0.25, 0.3) is 28.5 Å². The molecule has 2 aromatic carbocycles. The number of rotatable bonds is 9. The second-order valence-electron chi connectivity index (χ2n) is 7.54. The lowest BCUT2D eigenvalue weighted by Crippen LogP contribution is -1.97. The maximum Gasteiger partial charge on any atom is 0.133 e. The van der Waals surface area contributed by atoms with Crippen LogP contribution in [0.3, 0.4) is 0 Å². The number of unbranched alkanes of at least 4 members (excludes halogenated alkanes) is 1. The number of halogens is 1. The van der Waals surface area contributed by atoms with Crippen molar-refractivity contribution in [3.05, 3.63) is 96.5 Å². The van der Waals surface area contributed by atoms with Gasteiger partial charge in [0.15, 0.2) is 0 Å². The van der Waals surface area contributed by atoms with Crippen molar-refractivity contribution < 1.29 is 9.50 Å². The smallest absolute Gasteiger partial charge is 0.133 e. The number of hydrogen-bond acceptors (Lipinski definition) is 2. The Balaban J connectivity index is 1.68. The molecule has 3 aromatic rings. The number of aliphatic hydroxyl groups excluding tert-OH is 1. The minimum absolute atomic E-state index is 0.273. The van der Waals surface area contributed by atoms with E-state index in [-0.39, 0.29) is 11.9 Å². The van der Waals surface area contributed by atoms with Gasteiger partial charge in [0.05, 0.1) is 11.8 Å². The third-order valence-corrected chi connectivity index (χ3v) is 5.00. The van der Waals surface area contributed by atoms with Crippen molar-refractivity contribution in [2.75, 3.05) is 0 Å². The monoisotopic (exact) mass is 401 g/mol. The normalized spacial score (nSPS) is 12.2. The molecule has 0 fully saturated rings. The summed E-state index contributed by atoms with van der Waals surface area (Å²) >= 11 is 0. The van der Waals surface area contributed by atoms with Gasteiger partial charge < -0.3 is 5.11 Å². The Morgan fingerprint density at radius 1 is 1.07 bits per heavy atom. The number of nitrogens with zero attached hydrogens (tertiary/aromatic N) is 1. The fourth-order valence-electron chi connectivity index (χ4n) is 3.32. The molecular weight excluding hydrogens is 373 g/mol. The van der Waals surface area contributed by atoms with Gasteiger partial charge in [0.2, 0.25) is 0 Å². The lowest BCUT2D eigenvalue weighted by Gasteiger charge is -2.07. The van der Waals surface area contributed by atoms with E-state index in [9.17, 15) is 9.50 Å². The van der Waals surface area contributed by atoms with Crippen LogP contribution < -0.4 is 0 Å². The van der Waals surface area contributed by atoms with Crippen LogP contribution >= 0.6 is 0 Å². The first kappa shape index (κ1) is 21.7. The van der Waals surface area contributed by atoms with Crippen LogP contribution in [0.15, 0.2) is 79.5 Å². The summed E-state index contributed by atoms with van der Waals surface area (Å²) in [6, 6.07) is 17.3. The number of benzene rings is 2. The van der Waals surface area contributed by atoms with E-state index in [2.05, 4.69) is 35.8 Å². The van der Waals surface area contributed by atoms with Gasteiger partial charge in [-0.1, -0.05) is 54.6 Å². The summed E-state index contributed by atoms with van der Waals surface area (Å²) < 4.78 is 14.6. The zero-order valence-corrected chi connectivity index (χ0v) is 17.4. The van der Waals surface area contributed by atoms with Gasteiger partial charge in [-0.15, -0.1) is 6.58 Å². The molecular formula is C27H28FNO. The molecule has 0 aliphatic rings. The molecule has 0 amide bonds. The number of allylic oxidation sites excluding steroid dienone is 2. The molecule has 0 saturated carbocycles. The highest BCUT2D eigenvalue weighted by Gasteiger charge is 2.08. The average molecular weight is 402 g/mol. The fourth-order valence-corrected chi connectivity index (χ4v) is 3.32. The Bertz CT molecular complexity index is 988. The van der Waals surface area contributed by atoms with Crippen LogP contribution in [0.1, 0.15) is 37.3 Å². The molecule has 1 N–H and O–H groups in total. The van der Waals surface area contributed by atoms with E-state index >= 15 is 0 Å². The molecule has 0 bridgehead atoms. The van der Waals surface area contributed by atoms with Crippen LogP contribution in [0.4, 0.5) is 4.39 Å². The summed E-state index contributed by atoms with van der Waals surface area (Å²) in [7, 11) is 0. The molecule has 154 valence electrons. The van der Waals surface area contributed by atoms with Gasteiger partial charge in [-0.05, 0) is 67.5 Å². The maximum atomic E-state index is 14.6.